The molecule has 1 amide bonds. The highest BCUT2D eigenvalue weighted by Gasteiger charge is 2.24. The lowest BCUT2D eigenvalue weighted by Gasteiger charge is -2.32. The van der Waals surface area contributed by atoms with Crippen LogP contribution in [0.5, 0.6) is 0 Å². The zero-order valence-corrected chi connectivity index (χ0v) is 19.5. The zero-order valence-electron chi connectivity index (χ0n) is 19.5. The van der Waals surface area contributed by atoms with Crippen LogP contribution in [0.3, 0.4) is 0 Å². The fourth-order valence-corrected chi connectivity index (χ4v) is 4.06. The monoisotopic (exact) mass is 436 g/mol. The Labute approximate surface area is 191 Å². The van der Waals surface area contributed by atoms with Gasteiger partial charge >= 0.3 is 0 Å². The van der Waals surface area contributed by atoms with Gasteiger partial charge in [0.15, 0.2) is 5.96 Å². The Kier molecular flexibility index (Phi) is 8.48. The van der Waals surface area contributed by atoms with Crippen LogP contribution in [0.15, 0.2) is 47.6 Å². The number of aliphatic imine (C=N–C) groups is 1. The van der Waals surface area contributed by atoms with Crippen LogP contribution in [-0.4, -0.2) is 43.0 Å². The van der Waals surface area contributed by atoms with Crippen LogP contribution in [0.2, 0.25) is 0 Å². The van der Waals surface area contributed by atoms with Crippen molar-refractivity contribution < 1.29 is 4.79 Å². The van der Waals surface area contributed by atoms with E-state index >= 15 is 0 Å². The number of aromatic nitrogens is 1. The summed E-state index contributed by atoms with van der Waals surface area (Å²) in [5.41, 5.74) is 9.16. The third-order valence-corrected chi connectivity index (χ3v) is 6.00. The molecule has 4 N–H and O–H groups in total. The molecule has 0 spiro atoms. The number of pyridine rings is 1. The molecule has 1 aromatic heterocycles. The molecule has 32 heavy (non-hydrogen) atoms. The average molecular weight is 437 g/mol. The summed E-state index contributed by atoms with van der Waals surface area (Å²) in [6.07, 6.45) is 3.36. The van der Waals surface area contributed by atoms with E-state index in [9.17, 15) is 4.79 Å². The molecule has 2 heterocycles. The van der Waals surface area contributed by atoms with Crippen molar-refractivity contribution in [3.63, 3.8) is 0 Å². The van der Waals surface area contributed by atoms with E-state index in [1.165, 1.54) is 11.1 Å². The fraction of sp³-hybridized carbons (Fsp3) is 0.480. The van der Waals surface area contributed by atoms with Crippen LogP contribution in [0.1, 0.15) is 49.3 Å². The molecular formula is C25H36N6O. The molecular weight excluding hydrogens is 400 g/mol. The molecule has 0 radical (unpaired) electrons. The smallest absolute Gasteiger partial charge is 0.220 e. The van der Waals surface area contributed by atoms with Gasteiger partial charge in [0.1, 0.15) is 5.82 Å². The van der Waals surface area contributed by atoms with Crippen molar-refractivity contribution in [1.82, 2.24) is 15.6 Å². The second kappa shape index (κ2) is 11.5. The molecule has 7 heteroatoms. The molecule has 0 saturated carbocycles. The number of hydrogen-bond acceptors (Lipinski definition) is 4. The van der Waals surface area contributed by atoms with Crippen LogP contribution >= 0.6 is 0 Å². The van der Waals surface area contributed by atoms with E-state index < -0.39 is 0 Å². The Bertz CT molecular complexity index is 920. The van der Waals surface area contributed by atoms with Gasteiger partial charge in [0, 0.05) is 43.9 Å². The van der Waals surface area contributed by atoms with Gasteiger partial charge in [0.05, 0.1) is 6.54 Å². The summed E-state index contributed by atoms with van der Waals surface area (Å²) in [5.74, 6) is 1.89. The number of nitrogens with two attached hydrogens (primary N) is 1. The number of amides is 1. The second-order valence-electron chi connectivity index (χ2n) is 8.54. The summed E-state index contributed by atoms with van der Waals surface area (Å²) in [6, 6.07) is 12.7. The Morgan fingerprint density at radius 2 is 2.03 bits per heavy atom. The minimum atomic E-state index is -0.197. The molecule has 172 valence electrons. The van der Waals surface area contributed by atoms with Crippen LogP contribution in [0.25, 0.3) is 0 Å². The number of primary amides is 1. The van der Waals surface area contributed by atoms with Gasteiger partial charge in [-0.3, -0.25) is 4.79 Å². The lowest BCUT2D eigenvalue weighted by atomic mass is 9.96. The lowest BCUT2D eigenvalue weighted by molar-refractivity contribution is -0.122. The number of aryl methyl sites for hydroxylation is 1. The van der Waals surface area contributed by atoms with Crippen molar-refractivity contribution in [1.29, 1.82) is 0 Å². The van der Waals surface area contributed by atoms with E-state index in [0.29, 0.717) is 12.5 Å². The van der Waals surface area contributed by atoms with E-state index in [4.69, 9.17) is 10.7 Å². The predicted octanol–water partition coefficient (Wildman–Crippen LogP) is 2.95. The summed E-state index contributed by atoms with van der Waals surface area (Å²) in [6.45, 7) is 10.1. The van der Waals surface area contributed by atoms with Crippen LogP contribution in [-0.2, 0) is 11.3 Å². The first-order valence-electron chi connectivity index (χ1n) is 11.5. The maximum Gasteiger partial charge on any atom is 0.220 e. The number of benzene rings is 1. The van der Waals surface area contributed by atoms with Gasteiger partial charge in [-0.1, -0.05) is 42.8 Å². The van der Waals surface area contributed by atoms with Crippen molar-refractivity contribution in [3.05, 3.63) is 59.3 Å². The topological polar surface area (TPSA) is 95.6 Å². The molecule has 1 unspecified atom stereocenters. The number of anilines is 1. The number of piperidine rings is 1. The van der Waals surface area contributed by atoms with Crippen LogP contribution in [0, 0.1) is 12.8 Å². The zero-order chi connectivity index (χ0) is 22.9. The summed E-state index contributed by atoms with van der Waals surface area (Å²) >= 11 is 0. The Morgan fingerprint density at radius 1 is 1.25 bits per heavy atom. The number of nitrogens with zero attached hydrogens (tertiary/aromatic N) is 3. The normalized spacial score (nSPS) is 16.0. The average Bonchev–Trinajstić information content (AvgIpc) is 2.81. The van der Waals surface area contributed by atoms with Crippen LogP contribution in [0.4, 0.5) is 5.82 Å². The Hall–Kier alpha value is -3.09. The van der Waals surface area contributed by atoms with Crippen molar-refractivity contribution >= 4 is 17.7 Å². The quantitative estimate of drug-likeness (QED) is 0.437. The number of nitrogens with one attached hydrogen (secondary N) is 2. The van der Waals surface area contributed by atoms with Crippen molar-refractivity contribution in [2.45, 2.75) is 46.1 Å². The third kappa shape index (κ3) is 6.45. The van der Waals surface area contributed by atoms with Crippen LogP contribution < -0.4 is 21.3 Å². The summed E-state index contributed by atoms with van der Waals surface area (Å²) in [7, 11) is 0. The molecule has 1 fully saturated rings. The lowest BCUT2D eigenvalue weighted by Crippen LogP contribution is -2.40. The highest BCUT2D eigenvalue weighted by atomic mass is 16.1. The predicted molar refractivity (Wildman–Crippen MR) is 131 cm³/mol. The third-order valence-electron chi connectivity index (χ3n) is 6.00. The molecule has 0 aliphatic carbocycles. The highest BCUT2D eigenvalue weighted by Crippen LogP contribution is 2.25. The Balaban J connectivity index is 1.64. The number of carbonyl (C=O) groups excluding carboxylic acids is 1. The molecule has 1 aliphatic rings. The van der Waals surface area contributed by atoms with E-state index in [2.05, 4.69) is 71.6 Å². The molecule has 2 aromatic rings. The second-order valence-corrected chi connectivity index (χ2v) is 8.54. The van der Waals surface area contributed by atoms with E-state index in [0.717, 1.165) is 56.4 Å². The van der Waals surface area contributed by atoms with Crippen molar-refractivity contribution in [2.75, 3.05) is 31.1 Å². The summed E-state index contributed by atoms with van der Waals surface area (Å²) in [4.78, 5) is 23.2. The van der Waals surface area contributed by atoms with E-state index in [1.807, 2.05) is 12.3 Å². The largest absolute Gasteiger partial charge is 0.369 e. The summed E-state index contributed by atoms with van der Waals surface area (Å²) < 4.78 is 0. The molecule has 1 aliphatic heterocycles. The van der Waals surface area contributed by atoms with Gasteiger partial charge in [-0.05, 0) is 44.2 Å². The maximum atomic E-state index is 11.5. The Morgan fingerprint density at radius 3 is 2.72 bits per heavy atom. The highest BCUT2D eigenvalue weighted by molar-refractivity contribution is 5.80. The first-order chi connectivity index (χ1) is 15.5. The van der Waals surface area contributed by atoms with Crippen molar-refractivity contribution in [3.8, 4) is 0 Å². The number of hydrogen-bond donors (Lipinski definition) is 3. The van der Waals surface area contributed by atoms with Gasteiger partial charge in [0.2, 0.25) is 5.91 Å². The first kappa shape index (κ1) is 23.6. The number of carbonyl (C=O) groups is 1. The number of rotatable bonds is 8. The summed E-state index contributed by atoms with van der Waals surface area (Å²) in [5, 5.41) is 6.82. The maximum absolute atomic E-state index is 11.5. The first-order valence-corrected chi connectivity index (χ1v) is 11.5. The molecule has 1 atom stereocenters. The molecule has 1 aromatic carbocycles. The van der Waals surface area contributed by atoms with Crippen molar-refractivity contribution in [2.24, 2.45) is 16.6 Å². The van der Waals surface area contributed by atoms with Gasteiger partial charge in [0.25, 0.3) is 0 Å². The van der Waals surface area contributed by atoms with E-state index in [1.54, 1.807) is 0 Å². The molecule has 7 nitrogen and oxygen atoms in total. The molecule has 0 bridgehead atoms. The molecule has 3 rings (SSSR count). The van der Waals surface area contributed by atoms with E-state index in [-0.39, 0.29) is 11.8 Å². The minimum absolute atomic E-state index is 0.0311. The van der Waals surface area contributed by atoms with Gasteiger partial charge < -0.3 is 21.3 Å². The standard InChI is InChI=1S/C25H36N6O/c1-4-27-25(29-16-19(3)21-8-5-7-18(2)15-21)30-17-22-9-6-12-28-24(22)31-13-10-20(11-14-31)23(26)32/h5-9,12,15,19-20H,4,10-11,13-14,16-17H2,1-3H3,(H2,26,32)(H2,27,29,30). The SMILES string of the molecule is CCNC(=NCc1cccnc1N1CCC(C(N)=O)CC1)NCC(C)c1cccc(C)c1. The number of guanidine groups is 1. The van der Waals surface area contributed by atoms with Gasteiger partial charge in [-0.2, -0.15) is 0 Å². The minimum Gasteiger partial charge on any atom is -0.369 e. The van der Waals surface area contributed by atoms with Gasteiger partial charge in [-0.15, -0.1) is 0 Å². The molecule has 1 saturated heterocycles. The fourth-order valence-electron chi connectivity index (χ4n) is 4.06. The van der Waals surface area contributed by atoms with Gasteiger partial charge in [-0.25, -0.2) is 9.98 Å².